The van der Waals surface area contributed by atoms with Crippen LogP contribution in [0.2, 0.25) is 5.02 Å². The van der Waals surface area contributed by atoms with Crippen LogP contribution in [0, 0.1) is 0 Å². The van der Waals surface area contributed by atoms with E-state index >= 15 is 0 Å². The van der Waals surface area contributed by atoms with Gasteiger partial charge >= 0.3 is 12.1 Å². The van der Waals surface area contributed by atoms with E-state index in [9.17, 15) is 18.0 Å². The fraction of sp³-hybridized carbons (Fsp3) is 0.235. The zero-order chi connectivity index (χ0) is 21.0. The predicted molar refractivity (Wildman–Crippen MR) is 93.7 cm³/mol. The fourth-order valence-corrected chi connectivity index (χ4v) is 2.35. The summed E-state index contributed by atoms with van der Waals surface area (Å²) >= 11 is 5.96. The summed E-state index contributed by atoms with van der Waals surface area (Å²) in [5.41, 5.74) is -0.749. The molecule has 29 heavy (non-hydrogen) atoms. The Bertz CT molecular complexity index is 1010. The number of ether oxygens (including phenoxy) is 2. The van der Waals surface area contributed by atoms with Crippen molar-refractivity contribution >= 4 is 17.6 Å². The lowest BCUT2D eigenvalue weighted by molar-refractivity contribution is -0.137. The summed E-state index contributed by atoms with van der Waals surface area (Å²) in [7, 11) is 0. The summed E-state index contributed by atoms with van der Waals surface area (Å²) in [4.78, 5) is 19.9. The Morgan fingerprint density at radius 1 is 1.24 bits per heavy atom. The Balaban J connectivity index is 1.66. The quantitative estimate of drug-likeness (QED) is 0.556. The number of carbonyl (C=O) groups excluding carboxylic acids is 1. The van der Waals surface area contributed by atoms with Gasteiger partial charge in [0.25, 0.3) is 0 Å². The van der Waals surface area contributed by atoms with Gasteiger partial charge in [0.15, 0.2) is 11.5 Å². The molecule has 3 rings (SSSR count). The Morgan fingerprint density at radius 3 is 2.69 bits per heavy atom. The van der Waals surface area contributed by atoms with Crippen molar-refractivity contribution in [1.82, 2.24) is 25.0 Å². The van der Waals surface area contributed by atoms with E-state index in [4.69, 9.17) is 21.1 Å². The fourth-order valence-electron chi connectivity index (χ4n) is 2.17. The van der Waals surface area contributed by atoms with E-state index in [0.29, 0.717) is 12.8 Å². The zero-order valence-corrected chi connectivity index (χ0v) is 15.6. The minimum absolute atomic E-state index is 0.0936. The van der Waals surface area contributed by atoms with Crippen LogP contribution in [0.5, 0.6) is 5.88 Å². The number of aromatic nitrogens is 5. The molecule has 3 heterocycles. The lowest BCUT2D eigenvalue weighted by atomic mass is 10.3. The average molecular weight is 428 g/mol. The van der Waals surface area contributed by atoms with Crippen molar-refractivity contribution < 1.29 is 27.4 Å². The first-order chi connectivity index (χ1) is 13.8. The highest BCUT2D eigenvalue weighted by molar-refractivity contribution is 6.33. The van der Waals surface area contributed by atoms with Crippen LogP contribution in [-0.2, 0) is 17.5 Å². The highest BCUT2D eigenvalue weighted by Gasteiger charge is 2.30. The first-order valence-corrected chi connectivity index (χ1v) is 8.57. The lowest BCUT2D eigenvalue weighted by Crippen LogP contribution is -2.09. The molecule has 0 aliphatic heterocycles. The number of rotatable bonds is 6. The average Bonchev–Trinajstić information content (AvgIpc) is 3.16. The molecule has 0 radical (unpaired) electrons. The third-order valence-corrected chi connectivity index (χ3v) is 3.81. The molecule has 0 aromatic carbocycles. The van der Waals surface area contributed by atoms with E-state index in [0.717, 1.165) is 16.8 Å². The third kappa shape index (κ3) is 4.99. The Hall–Kier alpha value is -3.21. The maximum absolute atomic E-state index is 12.6. The monoisotopic (exact) mass is 427 g/mol. The maximum Gasteiger partial charge on any atom is 0.417 e. The van der Waals surface area contributed by atoms with E-state index in [1.165, 1.54) is 18.3 Å². The normalized spacial score (nSPS) is 11.3. The van der Waals surface area contributed by atoms with Crippen molar-refractivity contribution in [2.45, 2.75) is 19.7 Å². The number of pyridine rings is 2. The van der Waals surface area contributed by atoms with Crippen molar-refractivity contribution in [1.29, 1.82) is 0 Å². The summed E-state index contributed by atoms with van der Waals surface area (Å²) in [6.07, 6.45) is -2.42. The van der Waals surface area contributed by atoms with Gasteiger partial charge in [-0.25, -0.2) is 19.4 Å². The Kier molecular flexibility index (Phi) is 5.97. The smallest absolute Gasteiger partial charge is 0.417 e. The van der Waals surface area contributed by atoms with Crippen molar-refractivity contribution in [3.8, 4) is 11.7 Å². The van der Waals surface area contributed by atoms with Crippen molar-refractivity contribution in [2.24, 2.45) is 0 Å². The molecule has 0 saturated carbocycles. The number of hydrogen-bond acceptors (Lipinski definition) is 7. The number of esters is 1. The van der Waals surface area contributed by atoms with E-state index in [1.807, 2.05) is 0 Å². The minimum atomic E-state index is -4.48. The van der Waals surface area contributed by atoms with Crippen LogP contribution in [-0.4, -0.2) is 37.5 Å². The number of hydrogen-bond donors (Lipinski definition) is 0. The lowest BCUT2D eigenvalue weighted by Gasteiger charge is -2.07. The first-order valence-electron chi connectivity index (χ1n) is 8.19. The van der Waals surface area contributed by atoms with E-state index < -0.39 is 17.7 Å². The molecule has 0 aliphatic carbocycles. The minimum Gasteiger partial charge on any atom is -0.478 e. The summed E-state index contributed by atoms with van der Waals surface area (Å²) < 4.78 is 49.3. The second-order valence-corrected chi connectivity index (χ2v) is 5.95. The van der Waals surface area contributed by atoms with Crippen LogP contribution < -0.4 is 4.74 Å². The van der Waals surface area contributed by atoms with Crippen LogP contribution in [0.25, 0.3) is 5.82 Å². The number of halogens is 4. The molecule has 0 unspecified atom stereocenters. The first kappa shape index (κ1) is 20.5. The largest absolute Gasteiger partial charge is 0.478 e. The van der Waals surface area contributed by atoms with Gasteiger partial charge in [0.05, 0.1) is 23.4 Å². The molecule has 152 valence electrons. The van der Waals surface area contributed by atoms with Crippen LogP contribution >= 0.6 is 11.6 Å². The molecule has 3 aromatic heterocycles. The summed E-state index contributed by atoms with van der Waals surface area (Å²) in [6.45, 7) is 1.88. The van der Waals surface area contributed by atoms with Gasteiger partial charge in [-0.05, 0) is 25.1 Å². The van der Waals surface area contributed by atoms with Crippen molar-refractivity contribution in [2.75, 3.05) is 6.61 Å². The highest BCUT2D eigenvalue weighted by Crippen LogP contribution is 2.28. The van der Waals surface area contributed by atoms with Crippen LogP contribution in [0.4, 0.5) is 13.2 Å². The van der Waals surface area contributed by atoms with Gasteiger partial charge in [-0.1, -0.05) is 16.8 Å². The standard InChI is InChI=1S/C17H13ClF3N5O3/c1-2-28-14-6-4-12(18)15(23-14)16(27)29-9-11-8-26(25-24-11)13-5-3-10(7-22-13)17(19,20)21/h3-8H,2,9H2,1H3. The molecule has 3 aromatic rings. The molecule has 0 spiro atoms. The van der Waals surface area contributed by atoms with Crippen LogP contribution in [0.15, 0.2) is 36.7 Å². The van der Waals surface area contributed by atoms with Gasteiger partial charge in [-0.2, -0.15) is 13.2 Å². The van der Waals surface area contributed by atoms with Crippen LogP contribution in [0.3, 0.4) is 0 Å². The third-order valence-electron chi connectivity index (χ3n) is 3.51. The maximum atomic E-state index is 12.6. The Morgan fingerprint density at radius 2 is 2.03 bits per heavy atom. The summed E-state index contributed by atoms with van der Waals surface area (Å²) in [5.74, 6) is -0.445. The number of alkyl halides is 3. The molecule has 12 heteroatoms. The van der Waals surface area contributed by atoms with Crippen molar-refractivity contribution in [3.05, 3.63) is 58.6 Å². The molecule has 0 saturated heterocycles. The Labute approximate surface area is 167 Å². The number of carbonyl (C=O) groups is 1. The second-order valence-electron chi connectivity index (χ2n) is 5.55. The second kappa shape index (κ2) is 8.43. The molecule has 0 fully saturated rings. The molecule has 0 aliphatic rings. The zero-order valence-electron chi connectivity index (χ0n) is 14.9. The topological polar surface area (TPSA) is 92.0 Å². The van der Waals surface area contributed by atoms with E-state index in [-0.39, 0.29) is 34.7 Å². The van der Waals surface area contributed by atoms with Gasteiger partial charge in [0.2, 0.25) is 5.88 Å². The van der Waals surface area contributed by atoms with E-state index in [1.54, 1.807) is 6.92 Å². The predicted octanol–water partition coefficient (Wildman–Crippen LogP) is 3.49. The molecule has 0 N–H and O–H groups in total. The molecule has 0 bridgehead atoms. The van der Waals surface area contributed by atoms with Gasteiger partial charge < -0.3 is 9.47 Å². The summed E-state index contributed by atoms with van der Waals surface area (Å²) in [5, 5.41) is 7.64. The van der Waals surface area contributed by atoms with Crippen LogP contribution in [0.1, 0.15) is 28.7 Å². The van der Waals surface area contributed by atoms with Gasteiger partial charge in [0, 0.05) is 12.3 Å². The van der Waals surface area contributed by atoms with Gasteiger partial charge in [-0.15, -0.1) is 5.10 Å². The SMILES string of the molecule is CCOc1ccc(Cl)c(C(=O)OCc2cn(-c3ccc(C(F)(F)F)cn3)nn2)n1. The van der Waals surface area contributed by atoms with Gasteiger partial charge in [-0.3, -0.25) is 0 Å². The molecule has 8 nitrogen and oxygen atoms in total. The summed E-state index contributed by atoms with van der Waals surface area (Å²) in [6, 6.07) is 5.01. The molecular formula is C17H13ClF3N5O3. The number of nitrogens with zero attached hydrogens (tertiary/aromatic N) is 5. The van der Waals surface area contributed by atoms with Gasteiger partial charge in [0.1, 0.15) is 12.3 Å². The van der Waals surface area contributed by atoms with E-state index in [2.05, 4.69) is 20.3 Å². The molecule has 0 amide bonds. The molecule has 0 atom stereocenters. The highest BCUT2D eigenvalue weighted by atomic mass is 35.5. The molecular weight excluding hydrogens is 415 g/mol. The van der Waals surface area contributed by atoms with Crippen molar-refractivity contribution in [3.63, 3.8) is 0 Å².